The fourth-order valence-electron chi connectivity index (χ4n) is 3.29. The standard InChI is InChI=1S/C19H21FN2O2/c1-13-6-8-16(20)17(12-13)21-19(24)22(10-11-23)18-9-7-14-4-2-3-5-15(14)18/h2-6,8,12,18,23H,7,9-11H2,1H3,(H,21,24). The molecule has 0 bridgehead atoms. The normalized spacial score (nSPS) is 15.9. The van der Waals surface area contributed by atoms with E-state index in [1.807, 2.05) is 25.1 Å². The zero-order valence-electron chi connectivity index (χ0n) is 13.6. The summed E-state index contributed by atoms with van der Waals surface area (Å²) in [6, 6.07) is 12.1. The lowest BCUT2D eigenvalue weighted by molar-refractivity contribution is 0.162. The summed E-state index contributed by atoms with van der Waals surface area (Å²) in [6.07, 6.45) is 1.71. The molecule has 0 aliphatic heterocycles. The van der Waals surface area contributed by atoms with Gasteiger partial charge in [-0.1, -0.05) is 30.3 Å². The maximum absolute atomic E-state index is 13.9. The molecule has 126 valence electrons. The second-order valence-electron chi connectivity index (χ2n) is 6.08. The molecule has 1 aliphatic carbocycles. The topological polar surface area (TPSA) is 52.6 Å². The van der Waals surface area contributed by atoms with Gasteiger partial charge in [-0.25, -0.2) is 9.18 Å². The van der Waals surface area contributed by atoms with Gasteiger partial charge in [0.2, 0.25) is 0 Å². The van der Waals surface area contributed by atoms with Gasteiger partial charge >= 0.3 is 6.03 Å². The van der Waals surface area contributed by atoms with Gasteiger partial charge in [-0.05, 0) is 48.6 Å². The molecule has 0 spiro atoms. The van der Waals surface area contributed by atoms with E-state index in [4.69, 9.17) is 0 Å². The van der Waals surface area contributed by atoms with Gasteiger partial charge in [-0.15, -0.1) is 0 Å². The number of halogens is 1. The number of urea groups is 1. The third-order valence-electron chi connectivity index (χ3n) is 4.44. The molecule has 0 fully saturated rings. The molecule has 1 aliphatic rings. The van der Waals surface area contributed by atoms with Crippen molar-refractivity contribution >= 4 is 11.7 Å². The molecule has 24 heavy (non-hydrogen) atoms. The minimum absolute atomic E-state index is 0.0961. The van der Waals surface area contributed by atoms with Crippen molar-refractivity contribution in [2.24, 2.45) is 0 Å². The summed E-state index contributed by atoms with van der Waals surface area (Å²) < 4.78 is 13.9. The SMILES string of the molecule is Cc1ccc(F)c(NC(=O)N(CCO)C2CCc3ccccc32)c1. The molecule has 2 aromatic rings. The van der Waals surface area contributed by atoms with E-state index in [2.05, 4.69) is 11.4 Å². The van der Waals surface area contributed by atoms with Gasteiger partial charge in [-0.2, -0.15) is 0 Å². The van der Waals surface area contributed by atoms with Crippen molar-refractivity contribution in [3.63, 3.8) is 0 Å². The molecular formula is C19H21FN2O2. The van der Waals surface area contributed by atoms with Crippen LogP contribution in [-0.2, 0) is 6.42 Å². The maximum Gasteiger partial charge on any atom is 0.322 e. The molecule has 2 amide bonds. The molecule has 0 radical (unpaired) electrons. The van der Waals surface area contributed by atoms with Gasteiger partial charge in [0, 0.05) is 6.54 Å². The fraction of sp³-hybridized carbons (Fsp3) is 0.316. The molecule has 5 heteroatoms. The van der Waals surface area contributed by atoms with Gasteiger partial charge in [0.25, 0.3) is 0 Å². The zero-order chi connectivity index (χ0) is 17.1. The number of fused-ring (bicyclic) bond motifs is 1. The lowest BCUT2D eigenvalue weighted by atomic mass is 10.1. The summed E-state index contributed by atoms with van der Waals surface area (Å²) in [4.78, 5) is 14.3. The van der Waals surface area contributed by atoms with Crippen LogP contribution in [0.4, 0.5) is 14.9 Å². The van der Waals surface area contributed by atoms with Gasteiger partial charge in [-0.3, -0.25) is 0 Å². The van der Waals surface area contributed by atoms with Crippen molar-refractivity contribution in [3.05, 3.63) is 65.0 Å². The minimum atomic E-state index is -0.468. The van der Waals surface area contributed by atoms with Crippen LogP contribution in [-0.4, -0.2) is 29.2 Å². The Bertz CT molecular complexity index is 748. The number of carbonyl (C=O) groups is 1. The van der Waals surface area contributed by atoms with Crippen LogP contribution in [0.3, 0.4) is 0 Å². The van der Waals surface area contributed by atoms with Gasteiger partial charge in [0.15, 0.2) is 0 Å². The van der Waals surface area contributed by atoms with E-state index in [9.17, 15) is 14.3 Å². The van der Waals surface area contributed by atoms with E-state index >= 15 is 0 Å². The summed E-state index contributed by atoms with van der Waals surface area (Å²) in [5.74, 6) is -0.468. The second kappa shape index (κ2) is 7.01. The molecule has 4 nitrogen and oxygen atoms in total. The number of anilines is 1. The van der Waals surface area contributed by atoms with Crippen LogP contribution < -0.4 is 5.32 Å². The molecule has 3 rings (SSSR count). The van der Waals surface area contributed by atoms with Gasteiger partial charge < -0.3 is 15.3 Å². The summed E-state index contributed by atoms with van der Waals surface area (Å²) in [5, 5.41) is 12.0. The van der Waals surface area contributed by atoms with Crippen LogP contribution in [0.1, 0.15) is 29.2 Å². The maximum atomic E-state index is 13.9. The summed E-state index contributed by atoms with van der Waals surface area (Å²) in [7, 11) is 0. The quantitative estimate of drug-likeness (QED) is 0.900. The van der Waals surface area contributed by atoms with Crippen molar-refractivity contribution in [3.8, 4) is 0 Å². The number of hydrogen-bond donors (Lipinski definition) is 2. The van der Waals surface area contributed by atoms with Crippen molar-refractivity contribution in [1.82, 2.24) is 4.90 Å². The molecule has 1 atom stereocenters. The first kappa shape index (κ1) is 16.5. The fourth-order valence-corrected chi connectivity index (χ4v) is 3.29. The number of nitrogens with zero attached hydrogens (tertiary/aromatic N) is 1. The molecule has 0 saturated carbocycles. The lowest BCUT2D eigenvalue weighted by Crippen LogP contribution is -2.39. The molecule has 2 aromatic carbocycles. The Labute approximate surface area is 140 Å². The van der Waals surface area contributed by atoms with Gasteiger partial charge in [0.05, 0.1) is 18.3 Å². The highest BCUT2D eigenvalue weighted by atomic mass is 19.1. The van der Waals surface area contributed by atoms with Crippen molar-refractivity contribution in [1.29, 1.82) is 0 Å². The van der Waals surface area contributed by atoms with Crippen molar-refractivity contribution < 1.29 is 14.3 Å². The lowest BCUT2D eigenvalue weighted by Gasteiger charge is -2.29. The Morgan fingerprint density at radius 3 is 2.92 bits per heavy atom. The highest BCUT2D eigenvalue weighted by Crippen LogP contribution is 2.35. The molecule has 1 unspecified atom stereocenters. The average molecular weight is 328 g/mol. The van der Waals surface area contributed by atoms with Crippen molar-refractivity contribution in [2.45, 2.75) is 25.8 Å². The van der Waals surface area contributed by atoms with E-state index < -0.39 is 11.8 Å². The number of carbonyl (C=O) groups excluding carboxylic acids is 1. The van der Waals surface area contributed by atoms with E-state index in [0.717, 1.165) is 24.0 Å². The molecule has 2 N–H and O–H groups in total. The summed E-state index contributed by atoms with van der Waals surface area (Å²) >= 11 is 0. The number of nitrogens with one attached hydrogen (secondary N) is 1. The molecule has 0 saturated heterocycles. The van der Waals surface area contributed by atoms with Crippen LogP contribution >= 0.6 is 0 Å². The second-order valence-corrected chi connectivity index (χ2v) is 6.08. The first-order valence-electron chi connectivity index (χ1n) is 8.12. The monoisotopic (exact) mass is 328 g/mol. The van der Waals surface area contributed by atoms with Crippen LogP contribution in [0, 0.1) is 12.7 Å². The average Bonchev–Trinajstić information content (AvgIpc) is 2.99. The number of aliphatic hydroxyl groups is 1. The largest absolute Gasteiger partial charge is 0.395 e. The Morgan fingerprint density at radius 1 is 1.33 bits per heavy atom. The van der Waals surface area contributed by atoms with E-state index in [1.165, 1.54) is 11.6 Å². The smallest absolute Gasteiger partial charge is 0.322 e. The number of amides is 2. The first-order chi connectivity index (χ1) is 11.6. The number of aliphatic hydroxyl groups excluding tert-OH is 1. The predicted octanol–water partition coefficient (Wildman–Crippen LogP) is 3.65. The summed E-state index contributed by atoms with van der Waals surface area (Å²) in [6.45, 7) is 1.91. The van der Waals surface area contributed by atoms with E-state index in [1.54, 1.807) is 17.0 Å². The zero-order valence-corrected chi connectivity index (χ0v) is 13.6. The number of aryl methyl sites for hydroxylation is 2. The third kappa shape index (κ3) is 3.26. The Kier molecular flexibility index (Phi) is 4.81. The minimum Gasteiger partial charge on any atom is -0.395 e. The van der Waals surface area contributed by atoms with Gasteiger partial charge in [0.1, 0.15) is 5.82 Å². The Morgan fingerprint density at radius 2 is 2.12 bits per heavy atom. The summed E-state index contributed by atoms with van der Waals surface area (Å²) in [5.41, 5.74) is 3.35. The number of benzene rings is 2. The highest BCUT2D eigenvalue weighted by molar-refractivity contribution is 5.90. The van der Waals surface area contributed by atoms with Crippen molar-refractivity contribution in [2.75, 3.05) is 18.5 Å². The van der Waals surface area contributed by atoms with E-state index in [0.29, 0.717) is 0 Å². The van der Waals surface area contributed by atoms with Crippen LogP contribution in [0.15, 0.2) is 42.5 Å². The Balaban J connectivity index is 1.83. The van der Waals surface area contributed by atoms with Crippen LogP contribution in [0.2, 0.25) is 0 Å². The first-order valence-corrected chi connectivity index (χ1v) is 8.12. The highest BCUT2D eigenvalue weighted by Gasteiger charge is 2.30. The number of rotatable bonds is 4. The van der Waals surface area contributed by atoms with Crippen LogP contribution in [0.5, 0.6) is 0 Å². The molecule has 0 aromatic heterocycles. The predicted molar refractivity (Wildman–Crippen MR) is 91.5 cm³/mol. The van der Waals surface area contributed by atoms with Crippen LogP contribution in [0.25, 0.3) is 0 Å². The third-order valence-corrected chi connectivity index (χ3v) is 4.44. The Hall–Kier alpha value is -2.40. The van der Waals surface area contributed by atoms with E-state index in [-0.39, 0.29) is 24.9 Å². The number of hydrogen-bond acceptors (Lipinski definition) is 2. The molecule has 0 heterocycles. The molecular weight excluding hydrogens is 307 g/mol.